The number of carbonyl (C=O) groups is 1. The van der Waals surface area contributed by atoms with Crippen LogP contribution < -0.4 is 10.1 Å². The van der Waals surface area contributed by atoms with Crippen molar-refractivity contribution in [2.45, 2.75) is 24.7 Å². The van der Waals surface area contributed by atoms with Crippen molar-refractivity contribution in [3.05, 3.63) is 53.6 Å². The Morgan fingerprint density at radius 1 is 1.08 bits per heavy atom. The second-order valence-electron chi connectivity index (χ2n) is 6.27. The first kappa shape index (κ1) is 18.4. The van der Waals surface area contributed by atoms with Gasteiger partial charge in [0.05, 0.1) is 12.0 Å². The van der Waals surface area contributed by atoms with Crippen LogP contribution in [-0.4, -0.2) is 38.8 Å². The van der Waals surface area contributed by atoms with Crippen LogP contribution in [0.2, 0.25) is 0 Å². The average molecular weight is 374 g/mol. The van der Waals surface area contributed by atoms with Crippen LogP contribution in [0.25, 0.3) is 0 Å². The van der Waals surface area contributed by atoms with Crippen LogP contribution in [0.3, 0.4) is 0 Å². The second kappa shape index (κ2) is 7.47. The van der Waals surface area contributed by atoms with Gasteiger partial charge in [0.1, 0.15) is 5.75 Å². The standard InChI is InChI=1S/C19H22N2O4S/c1-14-5-6-15(13-18(14)26(23,24)21-11-3-4-12-21)19(22)20-16-7-9-17(25-2)10-8-16/h5-10,13H,3-4,11-12H2,1-2H3,(H,20,22). The summed E-state index contributed by atoms with van der Waals surface area (Å²) in [5.74, 6) is 0.338. The molecular formula is C19H22N2O4S. The highest BCUT2D eigenvalue weighted by Gasteiger charge is 2.29. The lowest BCUT2D eigenvalue weighted by molar-refractivity contribution is 0.102. The molecule has 0 saturated carbocycles. The van der Waals surface area contributed by atoms with Gasteiger partial charge in [0.2, 0.25) is 10.0 Å². The molecule has 0 aromatic heterocycles. The number of amides is 1. The number of hydrogen-bond acceptors (Lipinski definition) is 4. The zero-order valence-corrected chi connectivity index (χ0v) is 15.7. The second-order valence-corrected chi connectivity index (χ2v) is 8.18. The molecule has 0 spiro atoms. The summed E-state index contributed by atoms with van der Waals surface area (Å²) in [4.78, 5) is 12.7. The third-order valence-corrected chi connectivity index (χ3v) is 6.52. The van der Waals surface area contributed by atoms with Gasteiger partial charge in [0, 0.05) is 24.3 Å². The molecule has 26 heavy (non-hydrogen) atoms. The number of carbonyl (C=O) groups excluding carboxylic acids is 1. The lowest BCUT2D eigenvalue weighted by atomic mass is 10.1. The Bertz CT molecular complexity index is 902. The molecule has 0 radical (unpaired) electrons. The third kappa shape index (κ3) is 3.73. The smallest absolute Gasteiger partial charge is 0.255 e. The molecule has 2 aromatic carbocycles. The number of aryl methyl sites for hydroxylation is 1. The Morgan fingerprint density at radius 3 is 2.35 bits per heavy atom. The molecule has 1 amide bonds. The highest BCUT2D eigenvalue weighted by atomic mass is 32.2. The minimum atomic E-state index is -3.57. The van der Waals surface area contributed by atoms with Gasteiger partial charge in [0.15, 0.2) is 0 Å². The van der Waals surface area contributed by atoms with Crippen molar-refractivity contribution in [3.8, 4) is 5.75 Å². The molecule has 0 aliphatic carbocycles. The molecule has 3 rings (SSSR count). The summed E-state index contributed by atoms with van der Waals surface area (Å²) in [5.41, 5.74) is 1.56. The van der Waals surface area contributed by atoms with E-state index in [-0.39, 0.29) is 10.8 Å². The fourth-order valence-electron chi connectivity index (χ4n) is 2.96. The van der Waals surface area contributed by atoms with E-state index >= 15 is 0 Å². The Morgan fingerprint density at radius 2 is 1.73 bits per heavy atom. The SMILES string of the molecule is COc1ccc(NC(=O)c2ccc(C)c(S(=O)(=O)N3CCCC3)c2)cc1. The summed E-state index contributed by atoms with van der Waals surface area (Å²) < 4.78 is 32.3. The Kier molecular flexibility index (Phi) is 5.29. The molecule has 1 fully saturated rings. The minimum Gasteiger partial charge on any atom is -0.497 e. The number of benzene rings is 2. The lowest BCUT2D eigenvalue weighted by Gasteiger charge is -2.18. The summed E-state index contributed by atoms with van der Waals surface area (Å²) in [6, 6.07) is 11.7. The third-order valence-electron chi connectivity index (χ3n) is 4.48. The zero-order valence-electron chi connectivity index (χ0n) is 14.9. The molecule has 0 bridgehead atoms. The molecule has 1 aliphatic rings. The predicted molar refractivity (Wildman–Crippen MR) is 100 cm³/mol. The molecule has 6 nitrogen and oxygen atoms in total. The van der Waals surface area contributed by atoms with E-state index in [1.807, 2.05) is 0 Å². The van der Waals surface area contributed by atoms with E-state index in [0.29, 0.717) is 35.7 Å². The van der Waals surface area contributed by atoms with Crippen molar-refractivity contribution in [3.63, 3.8) is 0 Å². The highest BCUT2D eigenvalue weighted by Crippen LogP contribution is 2.25. The van der Waals surface area contributed by atoms with E-state index in [4.69, 9.17) is 4.74 Å². The van der Waals surface area contributed by atoms with Gasteiger partial charge in [-0.25, -0.2) is 8.42 Å². The van der Waals surface area contributed by atoms with E-state index in [0.717, 1.165) is 12.8 Å². The molecule has 1 heterocycles. The average Bonchev–Trinajstić information content (AvgIpc) is 3.18. The van der Waals surface area contributed by atoms with Crippen molar-refractivity contribution >= 4 is 21.6 Å². The first-order valence-corrected chi connectivity index (χ1v) is 9.92. The molecule has 2 aromatic rings. The number of methoxy groups -OCH3 is 1. The van der Waals surface area contributed by atoms with Crippen LogP contribution in [0.4, 0.5) is 5.69 Å². The molecule has 7 heteroatoms. The van der Waals surface area contributed by atoms with Gasteiger partial charge in [-0.3, -0.25) is 4.79 Å². The highest BCUT2D eigenvalue weighted by molar-refractivity contribution is 7.89. The zero-order chi connectivity index (χ0) is 18.7. The summed E-state index contributed by atoms with van der Waals surface area (Å²) in [6.45, 7) is 2.81. The fourth-order valence-corrected chi connectivity index (χ4v) is 4.73. The normalized spacial score (nSPS) is 15.0. The van der Waals surface area contributed by atoms with Crippen molar-refractivity contribution in [2.24, 2.45) is 0 Å². The molecule has 1 N–H and O–H groups in total. The van der Waals surface area contributed by atoms with E-state index in [1.165, 1.54) is 10.4 Å². The Hall–Kier alpha value is -2.38. The quantitative estimate of drug-likeness (QED) is 0.873. The van der Waals surface area contributed by atoms with Gasteiger partial charge in [-0.1, -0.05) is 6.07 Å². The number of anilines is 1. The maximum Gasteiger partial charge on any atom is 0.255 e. The molecule has 0 unspecified atom stereocenters. The van der Waals surface area contributed by atoms with E-state index in [2.05, 4.69) is 5.32 Å². The number of nitrogens with one attached hydrogen (secondary N) is 1. The van der Waals surface area contributed by atoms with E-state index in [1.54, 1.807) is 50.4 Å². The largest absolute Gasteiger partial charge is 0.497 e. The molecule has 1 saturated heterocycles. The molecular weight excluding hydrogens is 352 g/mol. The minimum absolute atomic E-state index is 0.196. The van der Waals surface area contributed by atoms with Gasteiger partial charge in [-0.05, 0) is 61.7 Å². The predicted octanol–water partition coefficient (Wildman–Crippen LogP) is 3.04. The summed E-state index contributed by atoms with van der Waals surface area (Å²) in [6.07, 6.45) is 1.74. The monoisotopic (exact) mass is 374 g/mol. The van der Waals surface area contributed by atoms with Crippen molar-refractivity contribution in [1.29, 1.82) is 0 Å². The van der Waals surface area contributed by atoms with Crippen LogP contribution in [0.15, 0.2) is 47.4 Å². The Labute approximate surface area is 153 Å². The van der Waals surface area contributed by atoms with Crippen LogP contribution >= 0.6 is 0 Å². The van der Waals surface area contributed by atoms with Gasteiger partial charge in [0.25, 0.3) is 5.91 Å². The number of sulfonamides is 1. The van der Waals surface area contributed by atoms with Crippen molar-refractivity contribution in [1.82, 2.24) is 4.31 Å². The molecule has 1 aliphatic heterocycles. The molecule has 138 valence electrons. The number of hydrogen-bond donors (Lipinski definition) is 1. The van der Waals surface area contributed by atoms with Crippen molar-refractivity contribution in [2.75, 3.05) is 25.5 Å². The first-order valence-electron chi connectivity index (χ1n) is 8.48. The van der Waals surface area contributed by atoms with Crippen LogP contribution in [0.5, 0.6) is 5.75 Å². The van der Waals surface area contributed by atoms with E-state index < -0.39 is 10.0 Å². The van der Waals surface area contributed by atoms with Gasteiger partial charge >= 0.3 is 0 Å². The summed E-state index contributed by atoms with van der Waals surface area (Å²) >= 11 is 0. The molecule has 0 atom stereocenters. The maximum atomic E-state index is 12.8. The topological polar surface area (TPSA) is 75.7 Å². The lowest BCUT2D eigenvalue weighted by Crippen LogP contribution is -2.28. The van der Waals surface area contributed by atoms with Crippen LogP contribution in [-0.2, 0) is 10.0 Å². The van der Waals surface area contributed by atoms with Gasteiger partial charge < -0.3 is 10.1 Å². The maximum absolute atomic E-state index is 12.8. The number of nitrogens with zero attached hydrogens (tertiary/aromatic N) is 1. The summed E-state index contributed by atoms with van der Waals surface area (Å²) in [7, 11) is -2.00. The van der Waals surface area contributed by atoms with Crippen molar-refractivity contribution < 1.29 is 17.9 Å². The number of rotatable bonds is 5. The van der Waals surface area contributed by atoms with E-state index in [9.17, 15) is 13.2 Å². The fraction of sp³-hybridized carbons (Fsp3) is 0.316. The summed E-state index contributed by atoms with van der Waals surface area (Å²) in [5, 5.41) is 2.77. The van der Waals surface area contributed by atoms with Crippen LogP contribution in [0.1, 0.15) is 28.8 Å². The Balaban J connectivity index is 1.85. The van der Waals surface area contributed by atoms with Gasteiger partial charge in [-0.2, -0.15) is 4.31 Å². The first-order chi connectivity index (χ1) is 12.4. The van der Waals surface area contributed by atoms with Gasteiger partial charge in [-0.15, -0.1) is 0 Å². The van der Waals surface area contributed by atoms with Crippen LogP contribution in [0, 0.1) is 6.92 Å². The number of ether oxygens (including phenoxy) is 1.